The van der Waals surface area contributed by atoms with E-state index < -0.39 is 17.8 Å². The molecule has 1 heterocycles. The van der Waals surface area contributed by atoms with Crippen LogP contribution in [-0.2, 0) is 6.18 Å². The van der Waals surface area contributed by atoms with E-state index in [9.17, 15) is 18.3 Å². The van der Waals surface area contributed by atoms with Gasteiger partial charge in [0.1, 0.15) is 0 Å². The van der Waals surface area contributed by atoms with Crippen molar-refractivity contribution in [1.82, 2.24) is 0 Å². The zero-order valence-electron chi connectivity index (χ0n) is 8.84. The fourth-order valence-electron chi connectivity index (χ4n) is 1.91. The molecular formula is C11H11BrF3NO. The Balaban J connectivity index is 2.25. The first kappa shape index (κ1) is 12.7. The van der Waals surface area contributed by atoms with Gasteiger partial charge in [0.15, 0.2) is 0 Å². The second-order valence-electron chi connectivity index (χ2n) is 4.05. The summed E-state index contributed by atoms with van der Waals surface area (Å²) in [4.78, 5) is 1.87. The lowest BCUT2D eigenvalue weighted by atomic mass is 10.2. The van der Waals surface area contributed by atoms with E-state index in [-0.39, 0.29) is 4.47 Å². The number of halogens is 4. The van der Waals surface area contributed by atoms with Crippen molar-refractivity contribution in [3.63, 3.8) is 0 Å². The third kappa shape index (κ3) is 2.74. The van der Waals surface area contributed by atoms with Crippen molar-refractivity contribution in [3.05, 3.63) is 28.2 Å². The van der Waals surface area contributed by atoms with Crippen LogP contribution in [0.1, 0.15) is 12.0 Å². The molecule has 1 fully saturated rings. The summed E-state index contributed by atoms with van der Waals surface area (Å²) in [6.45, 7) is 1.14. The van der Waals surface area contributed by atoms with E-state index in [1.165, 1.54) is 12.1 Å². The van der Waals surface area contributed by atoms with Crippen molar-refractivity contribution in [2.75, 3.05) is 18.0 Å². The summed E-state index contributed by atoms with van der Waals surface area (Å²) in [6.07, 6.45) is -4.09. The molecule has 94 valence electrons. The van der Waals surface area contributed by atoms with Crippen molar-refractivity contribution in [1.29, 1.82) is 0 Å². The van der Waals surface area contributed by atoms with Crippen LogP contribution in [0.15, 0.2) is 22.7 Å². The normalized spacial score (nSPS) is 21.0. The second kappa shape index (κ2) is 4.49. The zero-order chi connectivity index (χ0) is 12.6. The third-order valence-corrected chi connectivity index (χ3v) is 3.44. The van der Waals surface area contributed by atoms with Gasteiger partial charge in [0, 0.05) is 23.2 Å². The van der Waals surface area contributed by atoms with Crippen molar-refractivity contribution in [3.8, 4) is 0 Å². The van der Waals surface area contributed by atoms with Crippen molar-refractivity contribution >= 4 is 21.6 Å². The van der Waals surface area contributed by atoms with Crippen LogP contribution in [0.5, 0.6) is 0 Å². The van der Waals surface area contributed by atoms with Crippen molar-refractivity contribution in [2.24, 2.45) is 0 Å². The van der Waals surface area contributed by atoms with Gasteiger partial charge in [0.05, 0.1) is 11.7 Å². The van der Waals surface area contributed by atoms with Crippen LogP contribution in [0.2, 0.25) is 0 Å². The molecule has 0 aromatic heterocycles. The van der Waals surface area contributed by atoms with Crippen molar-refractivity contribution in [2.45, 2.75) is 18.7 Å². The lowest BCUT2D eigenvalue weighted by molar-refractivity contribution is -0.138. The predicted octanol–water partition coefficient (Wildman–Crippen LogP) is 3.04. The molecule has 0 unspecified atom stereocenters. The van der Waals surface area contributed by atoms with Gasteiger partial charge in [-0.05, 0) is 24.6 Å². The maximum absolute atomic E-state index is 12.5. The summed E-state index contributed by atoms with van der Waals surface area (Å²) in [6, 6.07) is 3.94. The first-order chi connectivity index (χ1) is 7.88. The Hall–Kier alpha value is -0.750. The smallest absolute Gasteiger partial charge is 0.391 e. The summed E-state index contributed by atoms with van der Waals surface area (Å²) in [5.41, 5.74) is 0.0161. The van der Waals surface area contributed by atoms with Crippen LogP contribution < -0.4 is 4.90 Å². The Bertz CT molecular complexity index is 422. The molecule has 1 atom stereocenters. The average Bonchev–Trinajstić information content (AvgIpc) is 2.62. The van der Waals surface area contributed by atoms with Gasteiger partial charge in [-0.3, -0.25) is 0 Å². The molecule has 6 heteroatoms. The number of alkyl halides is 3. The van der Waals surface area contributed by atoms with Gasteiger partial charge in [-0.1, -0.05) is 15.9 Å². The minimum atomic E-state index is -4.35. The number of hydrogen-bond donors (Lipinski definition) is 1. The number of aliphatic hydroxyl groups excluding tert-OH is 1. The van der Waals surface area contributed by atoms with Crippen LogP contribution in [0, 0.1) is 0 Å². The fraction of sp³-hybridized carbons (Fsp3) is 0.455. The number of hydrogen-bond acceptors (Lipinski definition) is 2. The molecular weight excluding hydrogens is 299 g/mol. The molecule has 1 aromatic carbocycles. The minimum Gasteiger partial charge on any atom is -0.391 e. The Morgan fingerprint density at radius 2 is 2.06 bits per heavy atom. The molecule has 17 heavy (non-hydrogen) atoms. The zero-order valence-corrected chi connectivity index (χ0v) is 10.4. The van der Waals surface area contributed by atoms with E-state index >= 15 is 0 Å². The predicted molar refractivity (Wildman–Crippen MR) is 62.0 cm³/mol. The second-order valence-corrected chi connectivity index (χ2v) is 4.90. The number of anilines is 1. The summed E-state index contributed by atoms with van der Waals surface area (Å²) >= 11 is 2.94. The molecule has 0 amide bonds. The number of nitrogens with zero attached hydrogens (tertiary/aromatic N) is 1. The van der Waals surface area contributed by atoms with Gasteiger partial charge in [0.25, 0.3) is 0 Å². The monoisotopic (exact) mass is 309 g/mol. The molecule has 1 saturated heterocycles. The fourth-order valence-corrected chi connectivity index (χ4v) is 2.50. The summed E-state index contributed by atoms with van der Waals surface area (Å²) in [7, 11) is 0. The summed E-state index contributed by atoms with van der Waals surface area (Å²) in [5, 5.41) is 9.38. The van der Waals surface area contributed by atoms with Gasteiger partial charge < -0.3 is 10.0 Å². The summed E-state index contributed by atoms with van der Waals surface area (Å²) in [5.74, 6) is 0. The molecule has 0 bridgehead atoms. The van der Waals surface area contributed by atoms with E-state index in [1.807, 2.05) is 4.90 Å². The molecule has 2 rings (SSSR count). The highest BCUT2D eigenvalue weighted by atomic mass is 79.9. The molecule has 1 aliphatic rings. The lowest BCUT2D eigenvalue weighted by Crippen LogP contribution is -2.21. The van der Waals surface area contributed by atoms with Crippen LogP contribution in [0.3, 0.4) is 0 Å². The molecule has 1 aromatic rings. The third-order valence-electron chi connectivity index (χ3n) is 2.79. The maximum atomic E-state index is 12.5. The van der Waals surface area contributed by atoms with Gasteiger partial charge in [-0.25, -0.2) is 0 Å². The number of benzene rings is 1. The molecule has 0 radical (unpaired) electrons. The van der Waals surface area contributed by atoms with E-state index in [2.05, 4.69) is 15.9 Å². The van der Waals surface area contributed by atoms with E-state index in [0.717, 1.165) is 6.07 Å². The van der Waals surface area contributed by atoms with Gasteiger partial charge in [0.2, 0.25) is 0 Å². The van der Waals surface area contributed by atoms with E-state index in [1.54, 1.807) is 0 Å². The largest absolute Gasteiger partial charge is 0.417 e. The SMILES string of the molecule is O[C@H]1CCN(c2ccc(C(F)(F)F)c(Br)c2)C1. The minimum absolute atomic E-state index is 0.0314. The molecule has 2 nitrogen and oxygen atoms in total. The van der Waals surface area contributed by atoms with Crippen LogP contribution in [-0.4, -0.2) is 24.3 Å². The molecule has 1 N–H and O–H groups in total. The van der Waals surface area contributed by atoms with Crippen LogP contribution in [0.25, 0.3) is 0 Å². The highest BCUT2D eigenvalue weighted by molar-refractivity contribution is 9.10. The number of β-amino-alcohol motifs (C(OH)–C–C–N with tert-alkyl or cyclic N) is 1. The standard InChI is InChI=1S/C11H11BrF3NO/c12-10-5-7(16-4-3-8(17)6-16)1-2-9(10)11(13,14)15/h1-2,5,8,17H,3-4,6H2/t8-/m0/s1. The van der Waals surface area contributed by atoms with Crippen LogP contribution >= 0.6 is 15.9 Å². The van der Waals surface area contributed by atoms with Gasteiger partial charge >= 0.3 is 6.18 Å². The Labute approximate surface area is 105 Å². The number of rotatable bonds is 1. The quantitative estimate of drug-likeness (QED) is 0.862. The van der Waals surface area contributed by atoms with Crippen LogP contribution in [0.4, 0.5) is 18.9 Å². The van der Waals surface area contributed by atoms with E-state index in [4.69, 9.17) is 0 Å². The van der Waals surface area contributed by atoms with Crippen molar-refractivity contribution < 1.29 is 18.3 Å². The van der Waals surface area contributed by atoms with E-state index in [0.29, 0.717) is 25.2 Å². The Morgan fingerprint density at radius 3 is 2.53 bits per heavy atom. The van der Waals surface area contributed by atoms with Gasteiger partial charge in [-0.15, -0.1) is 0 Å². The Kier molecular flexibility index (Phi) is 3.36. The highest BCUT2D eigenvalue weighted by Gasteiger charge is 2.33. The first-order valence-electron chi connectivity index (χ1n) is 5.17. The lowest BCUT2D eigenvalue weighted by Gasteiger charge is -2.19. The average molecular weight is 310 g/mol. The number of aliphatic hydroxyl groups is 1. The molecule has 0 spiro atoms. The molecule has 0 aliphatic carbocycles. The first-order valence-corrected chi connectivity index (χ1v) is 5.97. The van der Waals surface area contributed by atoms with Gasteiger partial charge in [-0.2, -0.15) is 13.2 Å². The Morgan fingerprint density at radius 1 is 1.35 bits per heavy atom. The summed E-state index contributed by atoms with van der Waals surface area (Å²) < 4.78 is 37.6. The highest BCUT2D eigenvalue weighted by Crippen LogP contribution is 2.37. The maximum Gasteiger partial charge on any atom is 0.417 e. The topological polar surface area (TPSA) is 23.5 Å². The molecule has 1 aliphatic heterocycles. The molecule has 0 saturated carbocycles.